The van der Waals surface area contributed by atoms with Crippen molar-refractivity contribution in [3.63, 3.8) is 0 Å². The molecule has 6 heteroatoms. The maximum Gasteiger partial charge on any atom is 0.241 e. The topological polar surface area (TPSA) is 67.4 Å². The fourth-order valence-corrected chi connectivity index (χ4v) is 5.70. The average molecular weight is 543 g/mol. The van der Waals surface area contributed by atoms with Crippen molar-refractivity contribution in [2.45, 2.75) is 50.1 Å². The molecule has 0 aliphatic heterocycles. The number of aryl methyl sites for hydroxylation is 1. The van der Waals surface area contributed by atoms with E-state index in [1.54, 1.807) is 12.1 Å². The van der Waals surface area contributed by atoms with Crippen LogP contribution < -0.4 is 14.8 Å². The van der Waals surface area contributed by atoms with E-state index in [9.17, 15) is 8.42 Å². The van der Waals surface area contributed by atoms with E-state index < -0.39 is 16.1 Å². The van der Waals surface area contributed by atoms with Crippen molar-refractivity contribution in [3.05, 3.63) is 131 Å². The molecule has 204 valence electrons. The lowest BCUT2D eigenvalue weighted by Gasteiger charge is -2.30. The second-order valence-electron chi connectivity index (χ2n) is 10.8. The minimum atomic E-state index is -3.79. The van der Waals surface area contributed by atoms with Crippen LogP contribution >= 0.6 is 0 Å². The van der Waals surface area contributed by atoms with Gasteiger partial charge in [0.05, 0.1) is 17.0 Å². The molecule has 2 atom stereocenters. The number of benzene rings is 4. The Hall–Kier alpha value is -3.45. The van der Waals surface area contributed by atoms with Crippen LogP contribution in [0.25, 0.3) is 0 Å². The van der Waals surface area contributed by atoms with Crippen LogP contribution in [0.5, 0.6) is 5.75 Å². The summed E-state index contributed by atoms with van der Waals surface area (Å²) in [4.78, 5) is 0.239. The molecule has 0 unspecified atom stereocenters. The minimum absolute atomic E-state index is 0.0847. The summed E-state index contributed by atoms with van der Waals surface area (Å²) in [7, 11) is -3.79. The molecule has 39 heavy (non-hydrogen) atoms. The molecule has 0 saturated heterocycles. The normalized spacial score (nSPS) is 13.5. The van der Waals surface area contributed by atoms with Crippen molar-refractivity contribution in [2.75, 3.05) is 13.2 Å². The van der Waals surface area contributed by atoms with E-state index in [-0.39, 0.29) is 16.4 Å². The molecule has 0 spiro atoms. The van der Waals surface area contributed by atoms with Crippen LogP contribution in [0.15, 0.2) is 114 Å². The van der Waals surface area contributed by atoms with Crippen molar-refractivity contribution in [3.8, 4) is 5.75 Å². The molecule has 5 nitrogen and oxygen atoms in total. The van der Waals surface area contributed by atoms with Gasteiger partial charge >= 0.3 is 0 Å². The van der Waals surface area contributed by atoms with Gasteiger partial charge in [-0.1, -0.05) is 111 Å². The quantitative estimate of drug-likeness (QED) is 0.206. The molecule has 0 aromatic heterocycles. The lowest BCUT2D eigenvalue weighted by Crippen LogP contribution is -2.39. The molecule has 0 heterocycles. The highest BCUT2D eigenvalue weighted by Crippen LogP contribution is 2.31. The molecule has 0 aliphatic rings. The standard InChI is InChI=1S/C33H38N2O3S/c1-25-15-21-30(22-16-25)39(36,37)35-32(27-13-9-6-10-14-27)31(26-11-7-5-8-12-26)34-23-24-38-29-19-17-28(18-20-29)33(2,3)4/h5-22,31-32,34-35H,23-24H2,1-4H3/t31-,32+/m0/s1. The predicted molar refractivity (Wildman–Crippen MR) is 159 cm³/mol. The number of hydrogen-bond acceptors (Lipinski definition) is 4. The Morgan fingerprint density at radius 2 is 1.26 bits per heavy atom. The molecule has 4 aromatic rings. The van der Waals surface area contributed by atoms with Crippen LogP contribution in [0.4, 0.5) is 0 Å². The number of rotatable bonds is 11. The van der Waals surface area contributed by atoms with Gasteiger partial charge in [-0.05, 0) is 53.3 Å². The van der Waals surface area contributed by atoms with Crippen LogP contribution in [-0.4, -0.2) is 21.6 Å². The summed E-state index contributed by atoms with van der Waals surface area (Å²) < 4.78 is 36.0. The van der Waals surface area contributed by atoms with Crippen molar-refractivity contribution in [2.24, 2.45) is 0 Å². The number of nitrogens with one attached hydrogen (secondary N) is 2. The summed E-state index contributed by atoms with van der Waals surface area (Å²) in [6.07, 6.45) is 0. The number of ether oxygens (including phenoxy) is 1. The highest BCUT2D eigenvalue weighted by Gasteiger charge is 2.29. The van der Waals surface area contributed by atoms with E-state index in [1.807, 2.05) is 91.9 Å². The first kappa shape index (κ1) is 28.6. The zero-order valence-electron chi connectivity index (χ0n) is 23.1. The predicted octanol–water partition coefficient (Wildman–Crippen LogP) is 6.72. The third kappa shape index (κ3) is 7.79. The first-order chi connectivity index (χ1) is 18.6. The van der Waals surface area contributed by atoms with Gasteiger partial charge in [0.1, 0.15) is 12.4 Å². The van der Waals surface area contributed by atoms with Crippen LogP contribution in [0.2, 0.25) is 0 Å². The second-order valence-corrected chi connectivity index (χ2v) is 12.5. The summed E-state index contributed by atoms with van der Waals surface area (Å²) in [5, 5.41) is 3.57. The third-order valence-electron chi connectivity index (χ3n) is 6.72. The summed E-state index contributed by atoms with van der Waals surface area (Å²) in [5.74, 6) is 0.806. The van der Waals surface area contributed by atoms with Crippen molar-refractivity contribution in [1.29, 1.82) is 0 Å². The van der Waals surface area contributed by atoms with Gasteiger partial charge in [-0.25, -0.2) is 13.1 Å². The number of sulfonamides is 1. The van der Waals surface area contributed by atoms with E-state index in [0.717, 1.165) is 22.4 Å². The van der Waals surface area contributed by atoms with Gasteiger partial charge in [-0.15, -0.1) is 0 Å². The molecular weight excluding hydrogens is 504 g/mol. The molecule has 0 saturated carbocycles. The highest BCUT2D eigenvalue weighted by atomic mass is 32.2. The van der Waals surface area contributed by atoms with E-state index >= 15 is 0 Å². The maximum absolute atomic E-state index is 13.5. The lowest BCUT2D eigenvalue weighted by molar-refractivity contribution is 0.296. The van der Waals surface area contributed by atoms with E-state index in [0.29, 0.717) is 13.2 Å². The second kappa shape index (κ2) is 12.6. The SMILES string of the molecule is Cc1ccc(S(=O)(=O)N[C@H](c2ccccc2)[C@@H](NCCOc2ccc(C(C)(C)C)cc2)c2ccccc2)cc1. The van der Waals surface area contributed by atoms with E-state index in [4.69, 9.17) is 4.74 Å². The minimum Gasteiger partial charge on any atom is -0.492 e. The molecule has 0 fully saturated rings. The molecule has 2 N–H and O–H groups in total. The summed E-state index contributed by atoms with van der Waals surface area (Å²) in [5.41, 5.74) is 4.19. The van der Waals surface area contributed by atoms with Crippen LogP contribution in [0.3, 0.4) is 0 Å². The Morgan fingerprint density at radius 3 is 1.79 bits per heavy atom. The van der Waals surface area contributed by atoms with Gasteiger partial charge < -0.3 is 10.1 Å². The van der Waals surface area contributed by atoms with Gasteiger partial charge in [0.2, 0.25) is 10.0 Å². The maximum atomic E-state index is 13.5. The molecule has 0 aliphatic carbocycles. The van der Waals surface area contributed by atoms with Crippen molar-refractivity contribution >= 4 is 10.0 Å². The van der Waals surface area contributed by atoms with Gasteiger partial charge in [0, 0.05) is 6.54 Å². The summed E-state index contributed by atoms with van der Waals surface area (Å²) >= 11 is 0. The van der Waals surface area contributed by atoms with Crippen LogP contribution in [-0.2, 0) is 15.4 Å². The Kier molecular flexibility index (Phi) is 9.23. The van der Waals surface area contributed by atoms with Crippen LogP contribution in [0.1, 0.15) is 55.1 Å². The lowest BCUT2D eigenvalue weighted by atomic mass is 9.87. The Balaban J connectivity index is 1.56. The van der Waals surface area contributed by atoms with E-state index in [2.05, 4.69) is 42.9 Å². The Bertz CT molecular complexity index is 1410. The monoisotopic (exact) mass is 542 g/mol. The highest BCUT2D eigenvalue weighted by molar-refractivity contribution is 7.89. The van der Waals surface area contributed by atoms with Gasteiger partial charge in [-0.2, -0.15) is 0 Å². The molecule has 0 amide bonds. The Labute approximate surface area is 233 Å². The first-order valence-corrected chi connectivity index (χ1v) is 14.8. The zero-order valence-corrected chi connectivity index (χ0v) is 23.9. The summed E-state index contributed by atoms with van der Waals surface area (Å²) in [6, 6.07) is 33.8. The van der Waals surface area contributed by atoms with Gasteiger partial charge in [0.25, 0.3) is 0 Å². The molecule has 4 aromatic carbocycles. The zero-order chi connectivity index (χ0) is 27.9. The smallest absolute Gasteiger partial charge is 0.241 e. The molecule has 0 bridgehead atoms. The summed E-state index contributed by atoms with van der Waals surface area (Å²) in [6.45, 7) is 9.46. The fraction of sp³-hybridized carbons (Fsp3) is 0.273. The molecular formula is C33H38N2O3S. The number of hydrogen-bond donors (Lipinski definition) is 2. The first-order valence-electron chi connectivity index (χ1n) is 13.3. The van der Waals surface area contributed by atoms with Gasteiger partial charge in [0.15, 0.2) is 0 Å². The van der Waals surface area contributed by atoms with Crippen molar-refractivity contribution in [1.82, 2.24) is 10.0 Å². The fourth-order valence-electron chi connectivity index (χ4n) is 4.46. The Morgan fingerprint density at radius 1 is 0.718 bits per heavy atom. The third-order valence-corrected chi connectivity index (χ3v) is 8.18. The molecule has 4 rings (SSSR count). The average Bonchev–Trinajstić information content (AvgIpc) is 2.93. The van der Waals surface area contributed by atoms with Crippen molar-refractivity contribution < 1.29 is 13.2 Å². The van der Waals surface area contributed by atoms with E-state index in [1.165, 1.54) is 5.56 Å². The van der Waals surface area contributed by atoms with Gasteiger partial charge in [-0.3, -0.25) is 0 Å². The van der Waals surface area contributed by atoms with Crippen LogP contribution in [0, 0.1) is 6.92 Å². The largest absolute Gasteiger partial charge is 0.492 e. The molecule has 0 radical (unpaired) electrons.